The van der Waals surface area contributed by atoms with Gasteiger partial charge in [-0.15, -0.1) is 12.4 Å². The van der Waals surface area contributed by atoms with E-state index in [1.54, 1.807) is 11.9 Å². The van der Waals surface area contributed by atoms with E-state index in [1.165, 1.54) is 0 Å². The second-order valence-electron chi connectivity index (χ2n) is 7.32. The van der Waals surface area contributed by atoms with Crippen LogP contribution in [0.2, 0.25) is 0 Å². The van der Waals surface area contributed by atoms with Crippen molar-refractivity contribution in [1.29, 1.82) is 0 Å². The molecule has 3 rings (SSSR count). The van der Waals surface area contributed by atoms with Crippen molar-refractivity contribution in [3.8, 4) is 0 Å². The molecule has 142 valence electrons. The lowest BCUT2D eigenvalue weighted by Gasteiger charge is -2.35. The van der Waals surface area contributed by atoms with Crippen LogP contribution in [0.15, 0.2) is 0 Å². The van der Waals surface area contributed by atoms with Crippen LogP contribution in [0.4, 0.5) is 4.79 Å². The summed E-state index contributed by atoms with van der Waals surface area (Å²) in [5, 5.41) is 6.16. The minimum Gasteiger partial charge on any atom is -0.355 e. The summed E-state index contributed by atoms with van der Waals surface area (Å²) in [5.41, 5.74) is -0.703. The van der Waals surface area contributed by atoms with Crippen LogP contribution in [0, 0.1) is 5.92 Å². The molecule has 0 bridgehead atoms. The molecule has 1 atom stereocenters. The lowest BCUT2D eigenvalue weighted by atomic mass is 9.81. The number of hydrogen-bond donors (Lipinski definition) is 2. The Morgan fingerprint density at radius 3 is 2.64 bits per heavy atom. The Morgan fingerprint density at radius 2 is 2.00 bits per heavy atom. The van der Waals surface area contributed by atoms with E-state index in [0.29, 0.717) is 25.3 Å². The zero-order valence-corrected chi connectivity index (χ0v) is 15.7. The van der Waals surface area contributed by atoms with E-state index >= 15 is 0 Å². The van der Waals surface area contributed by atoms with Gasteiger partial charge in [0.15, 0.2) is 0 Å². The van der Waals surface area contributed by atoms with Crippen molar-refractivity contribution in [3.05, 3.63) is 0 Å². The van der Waals surface area contributed by atoms with Gasteiger partial charge in [0.2, 0.25) is 5.91 Å². The Morgan fingerprint density at radius 1 is 1.28 bits per heavy atom. The van der Waals surface area contributed by atoms with Gasteiger partial charge in [0.05, 0.1) is 0 Å². The number of halogens is 1. The summed E-state index contributed by atoms with van der Waals surface area (Å²) < 4.78 is 0. The minimum atomic E-state index is -0.703. The Kier molecular flexibility index (Phi) is 6.68. The highest BCUT2D eigenvalue weighted by molar-refractivity contribution is 6.08. The Labute approximate surface area is 155 Å². The molecule has 0 radical (unpaired) electrons. The van der Waals surface area contributed by atoms with Crippen LogP contribution in [-0.4, -0.2) is 66.4 Å². The topological polar surface area (TPSA) is 81.8 Å². The monoisotopic (exact) mass is 372 g/mol. The van der Waals surface area contributed by atoms with Crippen LogP contribution < -0.4 is 10.6 Å². The van der Waals surface area contributed by atoms with Gasteiger partial charge in [-0.3, -0.25) is 14.5 Å². The van der Waals surface area contributed by atoms with Gasteiger partial charge in [0.1, 0.15) is 12.1 Å². The van der Waals surface area contributed by atoms with Crippen molar-refractivity contribution < 1.29 is 14.4 Å². The highest BCUT2D eigenvalue weighted by atomic mass is 35.5. The summed E-state index contributed by atoms with van der Waals surface area (Å²) in [6.07, 6.45) is 6.52. The van der Waals surface area contributed by atoms with Crippen molar-refractivity contribution in [1.82, 2.24) is 20.4 Å². The first kappa shape index (κ1) is 20.0. The molecule has 3 fully saturated rings. The number of amides is 4. The maximum atomic E-state index is 12.8. The molecule has 2 N–H and O–H groups in total. The van der Waals surface area contributed by atoms with Crippen LogP contribution >= 0.6 is 12.4 Å². The molecular formula is C17H29ClN4O3. The fraction of sp³-hybridized carbons (Fsp3) is 0.824. The summed E-state index contributed by atoms with van der Waals surface area (Å²) >= 11 is 0. The fourth-order valence-electron chi connectivity index (χ4n) is 4.25. The van der Waals surface area contributed by atoms with Crippen LogP contribution in [-0.2, 0) is 9.59 Å². The van der Waals surface area contributed by atoms with Gasteiger partial charge < -0.3 is 15.5 Å². The van der Waals surface area contributed by atoms with E-state index in [-0.39, 0.29) is 36.8 Å². The molecule has 8 heteroatoms. The van der Waals surface area contributed by atoms with Gasteiger partial charge in [-0.1, -0.05) is 19.3 Å². The molecular weight excluding hydrogens is 344 g/mol. The SMILES string of the molecule is CN1C(=O)N(CC(=O)NCCC2CCNC2)C(=O)C12CCCCC2.Cl. The molecule has 0 aromatic heterocycles. The Bertz CT molecular complexity index is 516. The van der Waals surface area contributed by atoms with E-state index < -0.39 is 5.54 Å². The van der Waals surface area contributed by atoms with Crippen molar-refractivity contribution >= 4 is 30.3 Å². The van der Waals surface area contributed by atoms with E-state index in [0.717, 1.165) is 50.1 Å². The quantitative estimate of drug-likeness (QED) is 0.708. The Balaban J connectivity index is 0.00000225. The fourth-order valence-corrected chi connectivity index (χ4v) is 4.25. The van der Waals surface area contributed by atoms with Gasteiger partial charge >= 0.3 is 6.03 Å². The first-order valence-corrected chi connectivity index (χ1v) is 9.12. The van der Waals surface area contributed by atoms with Gasteiger partial charge in [0.25, 0.3) is 5.91 Å². The maximum absolute atomic E-state index is 12.8. The van der Waals surface area contributed by atoms with Gasteiger partial charge in [-0.25, -0.2) is 4.79 Å². The van der Waals surface area contributed by atoms with Crippen LogP contribution in [0.1, 0.15) is 44.9 Å². The summed E-state index contributed by atoms with van der Waals surface area (Å²) in [6.45, 7) is 2.49. The second-order valence-corrected chi connectivity index (χ2v) is 7.32. The van der Waals surface area contributed by atoms with Crippen LogP contribution in [0.3, 0.4) is 0 Å². The highest BCUT2D eigenvalue weighted by Crippen LogP contribution is 2.39. The molecule has 7 nitrogen and oxygen atoms in total. The average molecular weight is 373 g/mol. The van der Waals surface area contributed by atoms with Crippen molar-refractivity contribution in [2.75, 3.05) is 33.2 Å². The zero-order valence-electron chi connectivity index (χ0n) is 14.9. The molecule has 3 aliphatic rings. The predicted octanol–water partition coefficient (Wildman–Crippen LogP) is 1.12. The number of rotatable bonds is 5. The molecule has 0 aromatic carbocycles. The number of urea groups is 1. The largest absolute Gasteiger partial charge is 0.355 e. The lowest BCUT2D eigenvalue weighted by molar-refractivity contribution is -0.137. The normalized spacial score (nSPS) is 25.4. The molecule has 1 unspecified atom stereocenters. The maximum Gasteiger partial charge on any atom is 0.327 e. The third-order valence-electron chi connectivity index (χ3n) is 5.82. The molecule has 2 saturated heterocycles. The minimum absolute atomic E-state index is 0. The third-order valence-corrected chi connectivity index (χ3v) is 5.82. The molecule has 1 spiro atoms. The van der Waals surface area contributed by atoms with Gasteiger partial charge in [-0.05, 0) is 44.7 Å². The van der Waals surface area contributed by atoms with E-state index in [2.05, 4.69) is 10.6 Å². The van der Waals surface area contributed by atoms with E-state index in [4.69, 9.17) is 0 Å². The number of imide groups is 1. The molecule has 1 aliphatic carbocycles. The molecule has 1 saturated carbocycles. The highest BCUT2D eigenvalue weighted by Gasteiger charge is 2.55. The molecule has 25 heavy (non-hydrogen) atoms. The number of nitrogens with zero attached hydrogens (tertiary/aromatic N) is 2. The standard InChI is InChI=1S/C17H28N4O3.ClH/c1-20-16(24)21(15(23)17(20)7-3-2-4-8-17)12-14(22)19-10-6-13-5-9-18-11-13;/h13,18H,2-12H2,1H3,(H,19,22);1H. The van der Waals surface area contributed by atoms with E-state index in [9.17, 15) is 14.4 Å². The number of carbonyl (C=O) groups excluding carboxylic acids is 3. The van der Waals surface area contributed by atoms with E-state index in [1.807, 2.05) is 0 Å². The predicted molar refractivity (Wildman–Crippen MR) is 96.5 cm³/mol. The Hall–Kier alpha value is -1.34. The zero-order chi connectivity index (χ0) is 17.2. The molecule has 2 aliphatic heterocycles. The molecule has 2 heterocycles. The summed E-state index contributed by atoms with van der Waals surface area (Å²) in [4.78, 5) is 40.1. The number of hydrogen-bond acceptors (Lipinski definition) is 4. The summed E-state index contributed by atoms with van der Waals surface area (Å²) in [5.74, 6) is 0.172. The van der Waals surface area contributed by atoms with Crippen LogP contribution in [0.5, 0.6) is 0 Å². The van der Waals surface area contributed by atoms with Crippen molar-refractivity contribution in [2.45, 2.75) is 50.5 Å². The summed E-state index contributed by atoms with van der Waals surface area (Å²) in [7, 11) is 1.69. The number of nitrogens with one attached hydrogen (secondary N) is 2. The molecule has 4 amide bonds. The van der Waals surface area contributed by atoms with Crippen LogP contribution in [0.25, 0.3) is 0 Å². The van der Waals surface area contributed by atoms with Crippen molar-refractivity contribution in [3.63, 3.8) is 0 Å². The first-order valence-electron chi connectivity index (χ1n) is 9.12. The van der Waals surface area contributed by atoms with Crippen molar-refractivity contribution in [2.24, 2.45) is 5.92 Å². The lowest BCUT2D eigenvalue weighted by Crippen LogP contribution is -2.49. The smallest absolute Gasteiger partial charge is 0.327 e. The number of likely N-dealkylation sites (N-methyl/N-ethyl adjacent to an activating group) is 1. The summed E-state index contributed by atoms with van der Waals surface area (Å²) in [6, 6.07) is -0.336. The number of carbonyl (C=O) groups is 3. The average Bonchev–Trinajstić information content (AvgIpc) is 3.16. The third kappa shape index (κ3) is 3.92. The second kappa shape index (κ2) is 8.36. The molecule has 0 aromatic rings. The van der Waals surface area contributed by atoms with Gasteiger partial charge in [0, 0.05) is 13.6 Å². The van der Waals surface area contributed by atoms with Gasteiger partial charge in [-0.2, -0.15) is 0 Å². The first-order chi connectivity index (χ1) is 11.5.